The first kappa shape index (κ1) is 41.0. The number of unbranched alkanes of at least 4 members (excludes halogenated alkanes) is 4. The summed E-state index contributed by atoms with van der Waals surface area (Å²) in [5.41, 5.74) is 1.47. The van der Waals surface area contributed by atoms with Crippen molar-refractivity contribution < 1.29 is 32.3 Å². The summed E-state index contributed by atoms with van der Waals surface area (Å²) in [6.45, 7) is 14.0. The predicted molar refractivity (Wildman–Crippen MR) is 202 cm³/mol. The van der Waals surface area contributed by atoms with E-state index < -0.39 is 33.4 Å². The SMILES string of the molecule is CCCCCCCSc1ccc2c(c1)CCN2C(=O)c1cc(CN(CCCNC(=O)OC(C)(C)C)C(=O)OC(C)(C)C)ccc1NS(C)(=O)=O. The van der Waals surface area contributed by atoms with Gasteiger partial charge >= 0.3 is 12.2 Å². The molecular weight excluding hydrogens is 677 g/mol. The Morgan fingerprint density at radius 2 is 1.62 bits per heavy atom. The summed E-state index contributed by atoms with van der Waals surface area (Å²) in [5, 5.41) is 2.70. The van der Waals surface area contributed by atoms with E-state index in [-0.39, 0.29) is 36.8 Å². The van der Waals surface area contributed by atoms with E-state index in [2.05, 4.69) is 23.0 Å². The van der Waals surface area contributed by atoms with E-state index in [1.165, 1.54) is 41.9 Å². The van der Waals surface area contributed by atoms with Gasteiger partial charge in [0.2, 0.25) is 10.0 Å². The first-order chi connectivity index (χ1) is 23.3. The number of alkyl carbamates (subject to hydrolysis) is 1. The summed E-state index contributed by atoms with van der Waals surface area (Å²) in [6, 6.07) is 11.0. The lowest BCUT2D eigenvalue weighted by molar-refractivity contribution is 0.0231. The van der Waals surface area contributed by atoms with Crippen LogP contribution >= 0.6 is 11.8 Å². The molecule has 0 aliphatic carbocycles. The van der Waals surface area contributed by atoms with Crippen LogP contribution in [0.15, 0.2) is 41.3 Å². The monoisotopic (exact) mass is 732 g/mol. The van der Waals surface area contributed by atoms with E-state index in [0.29, 0.717) is 24.9 Å². The molecule has 0 unspecified atom stereocenters. The van der Waals surface area contributed by atoms with Gasteiger partial charge in [0.25, 0.3) is 5.91 Å². The van der Waals surface area contributed by atoms with Gasteiger partial charge in [0, 0.05) is 36.8 Å². The molecule has 0 radical (unpaired) electrons. The van der Waals surface area contributed by atoms with E-state index in [4.69, 9.17) is 9.47 Å². The lowest BCUT2D eigenvalue weighted by Gasteiger charge is -2.28. The summed E-state index contributed by atoms with van der Waals surface area (Å²) in [5.74, 6) is 0.720. The number of sulfonamides is 1. The minimum Gasteiger partial charge on any atom is -0.444 e. The van der Waals surface area contributed by atoms with Gasteiger partial charge < -0.3 is 24.6 Å². The second-order valence-electron chi connectivity index (χ2n) is 14.7. The number of thioether (sulfide) groups is 1. The number of hydrogen-bond acceptors (Lipinski definition) is 8. The van der Waals surface area contributed by atoms with Crippen LogP contribution in [-0.2, 0) is 32.5 Å². The van der Waals surface area contributed by atoms with Crippen molar-refractivity contribution in [2.75, 3.05) is 41.3 Å². The number of carbonyl (C=O) groups excluding carboxylic acids is 3. The Hall–Kier alpha value is -3.45. The Morgan fingerprint density at radius 3 is 2.28 bits per heavy atom. The van der Waals surface area contributed by atoms with Crippen LogP contribution < -0.4 is 14.9 Å². The maximum atomic E-state index is 14.2. The second-order valence-corrected chi connectivity index (χ2v) is 17.6. The third kappa shape index (κ3) is 14.0. The van der Waals surface area contributed by atoms with E-state index >= 15 is 0 Å². The molecule has 0 saturated carbocycles. The van der Waals surface area contributed by atoms with Crippen LogP contribution in [-0.4, -0.2) is 74.3 Å². The van der Waals surface area contributed by atoms with Gasteiger partial charge in [-0.05, 0) is 108 Å². The Balaban J connectivity index is 1.81. The van der Waals surface area contributed by atoms with E-state index in [1.807, 2.05) is 23.9 Å². The molecule has 0 saturated heterocycles. The first-order valence-electron chi connectivity index (χ1n) is 17.5. The van der Waals surface area contributed by atoms with Crippen LogP contribution in [0.1, 0.15) is 108 Å². The van der Waals surface area contributed by atoms with Crippen LogP contribution in [0.2, 0.25) is 0 Å². The number of hydrogen-bond donors (Lipinski definition) is 2. The minimum absolute atomic E-state index is 0.0937. The van der Waals surface area contributed by atoms with Crippen molar-refractivity contribution in [3.05, 3.63) is 53.1 Å². The zero-order valence-corrected chi connectivity index (χ0v) is 32.7. The molecule has 2 N–H and O–H groups in total. The summed E-state index contributed by atoms with van der Waals surface area (Å²) in [6.07, 6.45) is 7.23. The van der Waals surface area contributed by atoms with Crippen molar-refractivity contribution in [2.24, 2.45) is 0 Å². The van der Waals surface area contributed by atoms with E-state index in [1.54, 1.807) is 64.6 Å². The number of rotatable bonds is 16. The van der Waals surface area contributed by atoms with E-state index in [9.17, 15) is 22.8 Å². The van der Waals surface area contributed by atoms with Crippen LogP contribution in [0.5, 0.6) is 0 Å². The van der Waals surface area contributed by atoms with Crippen LogP contribution in [0.4, 0.5) is 21.0 Å². The topological polar surface area (TPSA) is 134 Å². The highest BCUT2D eigenvalue weighted by Crippen LogP contribution is 2.35. The smallest absolute Gasteiger partial charge is 0.410 e. The van der Waals surface area contributed by atoms with Gasteiger partial charge in [0.1, 0.15) is 11.2 Å². The quantitative estimate of drug-likeness (QED) is 0.131. The fourth-order valence-electron chi connectivity index (χ4n) is 5.43. The molecule has 11 nitrogen and oxygen atoms in total. The number of carbonyl (C=O) groups is 3. The van der Waals surface area contributed by atoms with Crippen LogP contribution in [0, 0.1) is 0 Å². The largest absolute Gasteiger partial charge is 0.444 e. The lowest BCUT2D eigenvalue weighted by Crippen LogP contribution is -2.39. The average molecular weight is 733 g/mol. The average Bonchev–Trinajstić information content (AvgIpc) is 3.41. The maximum absolute atomic E-state index is 14.2. The van der Waals surface area contributed by atoms with Gasteiger partial charge in [0.15, 0.2) is 0 Å². The van der Waals surface area contributed by atoms with Crippen molar-refractivity contribution in [3.63, 3.8) is 0 Å². The Bertz CT molecular complexity index is 1580. The molecule has 278 valence electrons. The van der Waals surface area contributed by atoms with Crippen LogP contribution in [0.3, 0.4) is 0 Å². The number of nitrogens with zero attached hydrogens (tertiary/aromatic N) is 2. The first-order valence-corrected chi connectivity index (χ1v) is 20.4. The van der Waals surface area contributed by atoms with E-state index in [0.717, 1.165) is 23.3 Å². The molecular formula is C37H56N4O7S2. The lowest BCUT2D eigenvalue weighted by atomic mass is 10.1. The van der Waals surface area contributed by atoms with Crippen LogP contribution in [0.25, 0.3) is 0 Å². The second kappa shape index (κ2) is 18.2. The fourth-order valence-corrected chi connectivity index (χ4v) is 6.98. The number of ether oxygens (including phenoxy) is 2. The van der Waals surface area contributed by atoms with Gasteiger partial charge in [-0.2, -0.15) is 0 Å². The molecule has 0 fully saturated rings. The molecule has 2 aromatic rings. The maximum Gasteiger partial charge on any atom is 0.410 e. The number of amides is 3. The highest BCUT2D eigenvalue weighted by Gasteiger charge is 2.29. The molecule has 1 heterocycles. The van der Waals surface area contributed by atoms with Crippen molar-refractivity contribution in [1.82, 2.24) is 10.2 Å². The number of fused-ring (bicyclic) bond motifs is 1. The summed E-state index contributed by atoms with van der Waals surface area (Å²) >= 11 is 1.83. The molecule has 2 aromatic carbocycles. The molecule has 1 aliphatic heterocycles. The molecule has 1 aliphatic rings. The van der Waals surface area contributed by atoms with Gasteiger partial charge in [0.05, 0.1) is 17.5 Å². The molecule has 3 rings (SSSR count). The summed E-state index contributed by atoms with van der Waals surface area (Å²) < 4.78 is 38.1. The normalized spacial score (nSPS) is 13.1. The standard InChI is InChI=1S/C37H56N4O7S2/c1-9-10-11-12-13-23-49-29-16-18-32-28(25-29)19-22-41(32)33(42)30-24-27(15-17-31(30)39-50(8,45)46)26-40(35(44)48-37(5,6)7)21-14-20-38-34(43)47-36(2,3)4/h15-18,24-25,39H,9-14,19-23,26H2,1-8H3,(H,38,43). The molecule has 50 heavy (non-hydrogen) atoms. The molecule has 3 amide bonds. The highest BCUT2D eigenvalue weighted by molar-refractivity contribution is 7.99. The van der Waals surface area contributed by atoms with Crippen molar-refractivity contribution >= 4 is 51.3 Å². The van der Waals surface area contributed by atoms with Gasteiger partial charge in [-0.15, -0.1) is 11.8 Å². The Kier molecular flexibility index (Phi) is 14.9. The van der Waals surface area contributed by atoms with Gasteiger partial charge in [-0.25, -0.2) is 18.0 Å². The zero-order valence-electron chi connectivity index (χ0n) is 31.0. The number of benzene rings is 2. The molecule has 0 aromatic heterocycles. The van der Waals surface area contributed by atoms with Gasteiger partial charge in [-0.1, -0.05) is 38.7 Å². The summed E-state index contributed by atoms with van der Waals surface area (Å²) in [7, 11) is -3.70. The molecule has 0 atom stereocenters. The fraction of sp³-hybridized carbons (Fsp3) is 0.595. The molecule has 0 bridgehead atoms. The summed E-state index contributed by atoms with van der Waals surface area (Å²) in [4.78, 5) is 43.9. The number of anilines is 2. The third-order valence-corrected chi connectivity index (χ3v) is 9.29. The van der Waals surface area contributed by atoms with Gasteiger partial charge in [-0.3, -0.25) is 9.52 Å². The van der Waals surface area contributed by atoms with Crippen molar-refractivity contribution in [1.29, 1.82) is 0 Å². The highest BCUT2D eigenvalue weighted by atomic mass is 32.2. The Labute approximate surface area is 303 Å². The third-order valence-electron chi connectivity index (χ3n) is 7.62. The van der Waals surface area contributed by atoms with Crippen molar-refractivity contribution in [3.8, 4) is 0 Å². The predicted octanol–water partition coefficient (Wildman–Crippen LogP) is 7.98. The zero-order chi connectivity index (χ0) is 37.1. The Morgan fingerprint density at radius 1 is 0.920 bits per heavy atom. The minimum atomic E-state index is -3.70. The number of nitrogens with one attached hydrogen (secondary N) is 2. The molecule has 0 spiro atoms. The van der Waals surface area contributed by atoms with Crippen molar-refractivity contribution in [2.45, 2.75) is 116 Å². The molecule has 13 heteroatoms.